The summed E-state index contributed by atoms with van der Waals surface area (Å²) in [6.45, 7) is 0. The van der Waals surface area contributed by atoms with Crippen LogP contribution in [0.1, 0.15) is 0 Å². The number of nitrogens with one attached hydrogen (secondary N) is 1. The summed E-state index contributed by atoms with van der Waals surface area (Å²) in [6.07, 6.45) is 0. The van der Waals surface area contributed by atoms with E-state index in [1.807, 2.05) is 0 Å². The van der Waals surface area contributed by atoms with Crippen molar-refractivity contribution in [3.8, 4) is 0 Å². The Morgan fingerprint density at radius 3 is 3.09 bits per heavy atom. The van der Waals surface area contributed by atoms with Crippen molar-refractivity contribution >= 4 is 30.2 Å². The number of nitrogen functional groups attached to an aromatic ring is 1. The molecule has 0 bridgehead atoms. The molecule has 0 aliphatic heterocycles. The third-order valence-corrected chi connectivity index (χ3v) is 1.92. The maximum Gasteiger partial charge on any atom is 0.253 e. The van der Waals surface area contributed by atoms with Gasteiger partial charge in [-0.1, -0.05) is 11.8 Å². The minimum Gasteiger partial charge on any atom is -0.383 e. The molecule has 1 rings (SSSR count). The number of nitrogens with zero attached hydrogens (tertiary/aromatic N) is 1. The van der Waals surface area contributed by atoms with Crippen LogP contribution in [0.5, 0.6) is 0 Å². The summed E-state index contributed by atoms with van der Waals surface area (Å²) in [5, 5.41) is 1.07. The molecule has 0 unspecified atom stereocenters. The smallest absolute Gasteiger partial charge is 0.253 e. The first-order valence-electron chi connectivity index (χ1n) is 2.83. The molecule has 3 N–H and O–H groups in total. The number of thiol groups is 1. The second-order valence-electron chi connectivity index (χ2n) is 1.75. The van der Waals surface area contributed by atoms with Gasteiger partial charge >= 0.3 is 0 Å². The summed E-state index contributed by atoms with van der Waals surface area (Å²) in [6, 6.07) is 1.24. The van der Waals surface area contributed by atoms with Crippen LogP contribution in [0, 0.1) is 0 Å². The fraction of sp³-hybridized carbons (Fsp3) is 0.200. The molecular weight excluding hydrogens is 182 g/mol. The molecule has 0 aliphatic carbocycles. The molecule has 0 amide bonds. The van der Waals surface area contributed by atoms with Gasteiger partial charge in [-0.2, -0.15) is 12.6 Å². The molecule has 0 radical (unpaired) electrons. The van der Waals surface area contributed by atoms with Gasteiger partial charge in [0.25, 0.3) is 5.56 Å². The third-order valence-electron chi connectivity index (χ3n) is 0.941. The van der Waals surface area contributed by atoms with Gasteiger partial charge in [0, 0.05) is 11.2 Å². The van der Waals surface area contributed by atoms with E-state index in [0.29, 0.717) is 10.2 Å². The average molecular weight is 189 g/mol. The van der Waals surface area contributed by atoms with Crippen molar-refractivity contribution in [3.05, 3.63) is 16.4 Å². The van der Waals surface area contributed by atoms with Gasteiger partial charge in [-0.25, -0.2) is 4.98 Å². The highest BCUT2D eigenvalue weighted by Crippen LogP contribution is 2.11. The monoisotopic (exact) mass is 189 g/mol. The number of hydrogen-bond donors (Lipinski definition) is 3. The predicted molar refractivity (Wildman–Crippen MR) is 49.0 cm³/mol. The summed E-state index contributed by atoms with van der Waals surface area (Å²) in [5.74, 6) is 0.234. The lowest BCUT2D eigenvalue weighted by Crippen LogP contribution is -2.09. The van der Waals surface area contributed by atoms with Crippen molar-refractivity contribution in [3.63, 3.8) is 0 Å². The molecule has 6 heteroatoms. The maximum absolute atomic E-state index is 10.8. The predicted octanol–water partition coefficient (Wildman–Crippen LogP) is 0.331. The van der Waals surface area contributed by atoms with Gasteiger partial charge in [0.2, 0.25) is 0 Å². The zero-order valence-corrected chi connectivity index (χ0v) is 7.28. The van der Waals surface area contributed by atoms with E-state index in [9.17, 15) is 4.79 Å². The summed E-state index contributed by atoms with van der Waals surface area (Å²) in [5.41, 5.74) is 5.09. The quantitative estimate of drug-likeness (QED) is 0.271. The van der Waals surface area contributed by atoms with Crippen LogP contribution in [0.3, 0.4) is 0 Å². The number of nitrogens with two attached hydrogens (primary N) is 1. The van der Waals surface area contributed by atoms with E-state index in [2.05, 4.69) is 22.6 Å². The van der Waals surface area contributed by atoms with Crippen LogP contribution in [0.4, 0.5) is 5.82 Å². The highest BCUT2D eigenvalue weighted by atomic mass is 32.2. The number of H-pyrrole nitrogens is 1. The van der Waals surface area contributed by atoms with E-state index in [1.165, 1.54) is 17.8 Å². The Hall–Kier alpha value is -0.620. The zero-order chi connectivity index (χ0) is 8.27. The second kappa shape index (κ2) is 3.68. The Labute approximate surface area is 73.0 Å². The first kappa shape index (κ1) is 8.48. The fourth-order valence-corrected chi connectivity index (χ4v) is 1.41. The van der Waals surface area contributed by atoms with Crippen molar-refractivity contribution in [2.75, 3.05) is 10.8 Å². The molecule has 0 aliphatic rings. The van der Waals surface area contributed by atoms with Crippen molar-refractivity contribution in [1.29, 1.82) is 0 Å². The standard InChI is InChI=1S/C5H7N3OS2/c6-3-1-4(9)8-5(7-3)11-2-10/h1,10H,2H2,(H3,6,7,8,9). The van der Waals surface area contributed by atoms with E-state index >= 15 is 0 Å². The summed E-state index contributed by atoms with van der Waals surface area (Å²) in [4.78, 5) is 17.1. The molecule has 1 aromatic rings. The Morgan fingerprint density at radius 1 is 1.82 bits per heavy atom. The van der Waals surface area contributed by atoms with Crippen LogP contribution in [0.15, 0.2) is 16.0 Å². The number of aromatic amines is 1. The number of aromatic nitrogens is 2. The maximum atomic E-state index is 10.8. The molecule has 1 heterocycles. The number of anilines is 1. The number of rotatable bonds is 2. The fourth-order valence-electron chi connectivity index (χ4n) is 0.583. The molecule has 0 saturated carbocycles. The number of hydrogen-bond acceptors (Lipinski definition) is 5. The minimum absolute atomic E-state index is 0.234. The number of thioether (sulfide) groups is 1. The molecule has 0 aromatic carbocycles. The normalized spacial score (nSPS) is 9.91. The lowest BCUT2D eigenvalue weighted by Gasteiger charge is -1.96. The third kappa shape index (κ3) is 2.47. The molecule has 11 heavy (non-hydrogen) atoms. The van der Waals surface area contributed by atoms with Crippen LogP contribution in [-0.2, 0) is 0 Å². The van der Waals surface area contributed by atoms with Gasteiger partial charge < -0.3 is 10.7 Å². The van der Waals surface area contributed by atoms with Crippen LogP contribution in [0.2, 0.25) is 0 Å². The molecule has 0 atom stereocenters. The molecule has 0 saturated heterocycles. The lowest BCUT2D eigenvalue weighted by atomic mass is 10.6. The van der Waals surface area contributed by atoms with Crippen LogP contribution >= 0.6 is 24.4 Å². The Balaban J connectivity index is 2.99. The van der Waals surface area contributed by atoms with Gasteiger partial charge in [0.15, 0.2) is 5.16 Å². The van der Waals surface area contributed by atoms with Gasteiger partial charge in [-0.3, -0.25) is 4.79 Å². The molecule has 4 nitrogen and oxygen atoms in total. The van der Waals surface area contributed by atoms with E-state index < -0.39 is 0 Å². The first-order valence-corrected chi connectivity index (χ1v) is 4.44. The molecule has 1 aromatic heterocycles. The van der Waals surface area contributed by atoms with Gasteiger partial charge in [-0.15, -0.1) is 0 Å². The van der Waals surface area contributed by atoms with Crippen LogP contribution in [-0.4, -0.2) is 15.1 Å². The second-order valence-corrected chi connectivity index (χ2v) is 3.46. The SMILES string of the molecule is Nc1cc(=O)[nH]c(SCS)n1. The Morgan fingerprint density at radius 2 is 2.55 bits per heavy atom. The largest absolute Gasteiger partial charge is 0.383 e. The summed E-state index contributed by atoms with van der Waals surface area (Å²) in [7, 11) is 0. The topological polar surface area (TPSA) is 71.8 Å². The molecule has 0 fully saturated rings. The van der Waals surface area contributed by atoms with Crippen molar-refractivity contribution in [2.45, 2.75) is 5.16 Å². The van der Waals surface area contributed by atoms with Crippen LogP contribution in [0.25, 0.3) is 0 Å². The van der Waals surface area contributed by atoms with Gasteiger partial charge in [-0.05, 0) is 0 Å². The van der Waals surface area contributed by atoms with E-state index in [-0.39, 0.29) is 11.4 Å². The minimum atomic E-state index is -0.234. The van der Waals surface area contributed by atoms with E-state index in [0.717, 1.165) is 0 Å². The van der Waals surface area contributed by atoms with Crippen LogP contribution < -0.4 is 11.3 Å². The first-order chi connectivity index (χ1) is 5.22. The molecular formula is C5H7N3OS2. The van der Waals surface area contributed by atoms with Gasteiger partial charge in [0.1, 0.15) is 5.82 Å². The highest BCUT2D eigenvalue weighted by molar-refractivity contribution is 8.09. The summed E-state index contributed by atoms with van der Waals surface area (Å²) < 4.78 is 0. The van der Waals surface area contributed by atoms with Crippen molar-refractivity contribution < 1.29 is 0 Å². The Kier molecular flexibility index (Phi) is 2.84. The van der Waals surface area contributed by atoms with E-state index in [1.54, 1.807) is 0 Å². The average Bonchev–Trinajstić information content (AvgIpc) is 1.85. The highest BCUT2D eigenvalue weighted by Gasteiger charge is 1.96. The van der Waals surface area contributed by atoms with E-state index in [4.69, 9.17) is 5.73 Å². The molecule has 0 spiro atoms. The molecule has 60 valence electrons. The zero-order valence-electron chi connectivity index (χ0n) is 5.57. The van der Waals surface area contributed by atoms with Crippen molar-refractivity contribution in [2.24, 2.45) is 0 Å². The summed E-state index contributed by atoms with van der Waals surface area (Å²) >= 11 is 5.28. The lowest BCUT2D eigenvalue weighted by molar-refractivity contribution is 0.948. The Bertz CT molecular complexity index is 298. The van der Waals surface area contributed by atoms with Gasteiger partial charge in [0.05, 0.1) is 0 Å². The van der Waals surface area contributed by atoms with Crippen molar-refractivity contribution in [1.82, 2.24) is 9.97 Å².